The van der Waals surface area contributed by atoms with Gasteiger partial charge in [-0.15, -0.1) is 5.10 Å². The number of rotatable bonds is 6. The Morgan fingerprint density at radius 2 is 1.94 bits per heavy atom. The number of halogens is 3. The predicted octanol–water partition coefficient (Wildman–Crippen LogP) is 4.31. The number of benzene rings is 2. The Labute approximate surface area is 186 Å². The van der Waals surface area contributed by atoms with E-state index in [0.717, 1.165) is 11.1 Å². The van der Waals surface area contributed by atoms with Gasteiger partial charge in [-0.2, -0.15) is 18.3 Å². The van der Waals surface area contributed by atoms with Crippen molar-refractivity contribution in [2.24, 2.45) is 0 Å². The maximum absolute atomic E-state index is 13.5. The zero-order chi connectivity index (χ0) is 23.6. The lowest BCUT2D eigenvalue weighted by molar-refractivity contribution is -0.140. The smallest absolute Gasteiger partial charge is 0.434 e. The van der Waals surface area contributed by atoms with E-state index in [1.807, 2.05) is 24.2 Å². The van der Waals surface area contributed by atoms with E-state index in [1.165, 1.54) is 4.68 Å². The van der Waals surface area contributed by atoms with Gasteiger partial charge < -0.3 is 10.1 Å². The Hall–Kier alpha value is -4.15. The maximum atomic E-state index is 13.5. The van der Waals surface area contributed by atoms with Gasteiger partial charge in [0.1, 0.15) is 23.7 Å². The van der Waals surface area contributed by atoms with Gasteiger partial charge in [-0.3, -0.25) is 9.89 Å². The molecule has 4 aromatic rings. The van der Waals surface area contributed by atoms with Crippen molar-refractivity contribution in [1.82, 2.24) is 25.2 Å². The van der Waals surface area contributed by atoms with Gasteiger partial charge >= 0.3 is 6.18 Å². The Morgan fingerprint density at radius 3 is 2.61 bits per heavy atom. The summed E-state index contributed by atoms with van der Waals surface area (Å²) in [6.07, 6.45) is -3.18. The number of nitrogens with zero attached hydrogens (tertiary/aromatic N) is 4. The molecule has 0 fully saturated rings. The quantitative estimate of drug-likeness (QED) is 0.451. The van der Waals surface area contributed by atoms with Crippen molar-refractivity contribution in [1.29, 1.82) is 0 Å². The van der Waals surface area contributed by atoms with Crippen LogP contribution in [0.15, 0.2) is 54.7 Å². The summed E-state index contributed by atoms with van der Waals surface area (Å²) in [5, 5.41) is 16.1. The van der Waals surface area contributed by atoms with Gasteiger partial charge in [-0.05, 0) is 30.7 Å². The second-order valence-corrected chi connectivity index (χ2v) is 7.22. The summed E-state index contributed by atoms with van der Waals surface area (Å²) in [7, 11) is 1.57. The van der Waals surface area contributed by atoms with Crippen LogP contribution in [0.2, 0.25) is 0 Å². The van der Waals surface area contributed by atoms with E-state index < -0.39 is 23.5 Å². The molecule has 1 amide bonds. The second kappa shape index (κ2) is 8.77. The fourth-order valence-corrected chi connectivity index (χ4v) is 3.35. The molecular weight excluding hydrogens is 437 g/mol. The standard InChI is InChI=1S/C22H19F3N6O2/c1-13-10-15(33-2)8-9-16(13)17-11-31(30-27-17)12-18(32)26-20-19(14-6-4-3-5-7-14)28-29-21(20)22(23,24)25/h3-11H,12H2,1-2H3,(H,26,32)(H,28,29). The topological polar surface area (TPSA) is 97.7 Å². The van der Waals surface area contributed by atoms with Gasteiger partial charge in [0.15, 0.2) is 5.69 Å². The molecule has 0 aliphatic rings. The van der Waals surface area contributed by atoms with E-state index in [4.69, 9.17) is 4.74 Å². The first kappa shape index (κ1) is 22.1. The first-order chi connectivity index (χ1) is 15.8. The van der Waals surface area contributed by atoms with Gasteiger partial charge in [0, 0.05) is 11.1 Å². The fourth-order valence-electron chi connectivity index (χ4n) is 3.35. The minimum atomic E-state index is -4.73. The lowest BCUT2D eigenvalue weighted by Crippen LogP contribution is -2.21. The average molecular weight is 456 g/mol. The van der Waals surface area contributed by atoms with Crippen LogP contribution in [0.5, 0.6) is 5.75 Å². The number of ether oxygens (including phenoxy) is 1. The second-order valence-electron chi connectivity index (χ2n) is 7.22. The Balaban J connectivity index is 1.56. The van der Waals surface area contributed by atoms with Gasteiger partial charge in [-0.25, -0.2) is 4.68 Å². The Bertz CT molecular complexity index is 1280. The molecule has 0 unspecified atom stereocenters. The lowest BCUT2D eigenvalue weighted by atomic mass is 10.1. The van der Waals surface area contributed by atoms with Crippen LogP contribution in [0.3, 0.4) is 0 Å². The summed E-state index contributed by atoms with van der Waals surface area (Å²) in [6.45, 7) is 1.55. The molecule has 0 bridgehead atoms. The largest absolute Gasteiger partial charge is 0.497 e. The lowest BCUT2D eigenvalue weighted by Gasteiger charge is -2.10. The number of carbonyl (C=O) groups excluding carboxylic acids is 1. The minimum absolute atomic E-state index is 0.00980. The number of methoxy groups -OCH3 is 1. The van der Waals surface area contributed by atoms with Crippen molar-refractivity contribution in [3.05, 3.63) is 66.0 Å². The Morgan fingerprint density at radius 1 is 1.18 bits per heavy atom. The van der Waals surface area contributed by atoms with Crippen molar-refractivity contribution in [2.75, 3.05) is 12.4 Å². The van der Waals surface area contributed by atoms with Gasteiger partial charge in [0.05, 0.1) is 19.0 Å². The number of hydrogen-bond donors (Lipinski definition) is 2. The van der Waals surface area contributed by atoms with E-state index in [-0.39, 0.29) is 12.2 Å². The first-order valence-electron chi connectivity index (χ1n) is 9.82. The third kappa shape index (κ3) is 4.71. The first-order valence-corrected chi connectivity index (χ1v) is 9.82. The van der Waals surface area contributed by atoms with Gasteiger partial charge in [0.2, 0.25) is 5.91 Å². The molecular formula is C22H19F3N6O2. The number of nitrogens with one attached hydrogen (secondary N) is 2. The van der Waals surface area contributed by atoms with Gasteiger partial charge in [-0.1, -0.05) is 35.5 Å². The van der Waals surface area contributed by atoms with Crippen molar-refractivity contribution in [3.8, 4) is 28.3 Å². The average Bonchev–Trinajstić information content (AvgIpc) is 3.41. The third-order valence-electron chi connectivity index (χ3n) is 4.92. The molecule has 11 heteroatoms. The molecule has 0 saturated carbocycles. The summed E-state index contributed by atoms with van der Waals surface area (Å²) in [5.74, 6) is -0.0141. The number of amides is 1. The highest BCUT2D eigenvalue weighted by Crippen LogP contribution is 2.38. The molecule has 0 aliphatic carbocycles. The number of alkyl halides is 3. The summed E-state index contributed by atoms with van der Waals surface area (Å²) >= 11 is 0. The van der Waals surface area contributed by atoms with Crippen LogP contribution in [-0.4, -0.2) is 38.2 Å². The maximum Gasteiger partial charge on any atom is 0.434 e. The number of hydrogen-bond acceptors (Lipinski definition) is 5. The number of anilines is 1. The zero-order valence-corrected chi connectivity index (χ0v) is 17.6. The van der Waals surface area contributed by atoms with Crippen molar-refractivity contribution < 1.29 is 22.7 Å². The van der Waals surface area contributed by atoms with E-state index in [9.17, 15) is 18.0 Å². The predicted molar refractivity (Wildman–Crippen MR) is 114 cm³/mol. The molecule has 0 atom stereocenters. The molecule has 2 aromatic heterocycles. The SMILES string of the molecule is COc1ccc(-c2cn(CC(=O)Nc3c(-c4ccccc4)n[nH]c3C(F)(F)F)nn2)c(C)c1. The number of aryl methyl sites for hydroxylation is 1. The summed E-state index contributed by atoms with van der Waals surface area (Å²) < 4.78 is 46.9. The zero-order valence-electron chi connectivity index (χ0n) is 17.6. The molecule has 2 aromatic carbocycles. The molecule has 2 N–H and O–H groups in total. The summed E-state index contributed by atoms with van der Waals surface area (Å²) in [5.41, 5.74) is 1.05. The van der Waals surface area contributed by atoms with Crippen molar-refractivity contribution in [3.63, 3.8) is 0 Å². The van der Waals surface area contributed by atoms with Crippen LogP contribution >= 0.6 is 0 Å². The highest BCUT2D eigenvalue weighted by atomic mass is 19.4. The number of aromatic amines is 1. The van der Waals surface area contributed by atoms with Crippen LogP contribution in [0, 0.1) is 6.92 Å². The van der Waals surface area contributed by atoms with E-state index in [0.29, 0.717) is 17.0 Å². The van der Waals surface area contributed by atoms with Crippen LogP contribution in [-0.2, 0) is 17.5 Å². The van der Waals surface area contributed by atoms with Crippen molar-refractivity contribution >= 4 is 11.6 Å². The molecule has 0 aliphatic heterocycles. The molecule has 33 heavy (non-hydrogen) atoms. The highest BCUT2D eigenvalue weighted by molar-refractivity contribution is 5.95. The number of aromatic nitrogens is 5. The molecule has 170 valence electrons. The third-order valence-corrected chi connectivity index (χ3v) is 4.92. The summed E-state index contributed by atoms with van der Waals surface area (Å²) in [6, 6.07) is 13.7. The van der Waals surface area contributed by atoms with Crippen LogP contribution in [0.4, 0.5) is 18.9 Å². The van der Waals surface area contributed by atoms with Crippen LogP contribution in [0.1, 0.15) is 11.3 Å². The molecule has 2 heterocycles. The normalized spacial score (nSPS) is 11.4. The van der Waals surface area contributed by atoms with Crippen LogP contribution in [0.25, 0.3) is 22.5 Å². The van der Waals surface area contributed by atoms with E-state index in [1.54, 1.807) is 49.7 Å². The van der Waals surface area contributed by atoms with Crippen LogP contribution < -0.4 is 10.1 Å². The molecule has 8 nitrogen and oxygen atoms in total. The molecule has 0 spiro atoms. The van der Waals surface area contributed by atoms with E-state index >= 15 is 0 Å². The number of H-pyrrole nitrogens is 1. The van der Waals surface area contributed by atoms with E-state index in [2.05, 4.69) is 20.7 Å². The number of carbonyl (C=O) groups is 1. The molecule has 0 saturated heterocycles. The van der Waals surface area contributed by atoms with Gasteiger partial charge in [0.25, 0.3) is 0 Å². The monoisotopic (exact) mass is 456 g/mol. The fraction of sp³-hybridized carbons (Fsp3) is 0.182. The van der Waals surface area contributed by atoms with Crippen molar-refractivity contribution in [2.45, 2.75) is 19.6 Å². The molecule has 4 rings (SSSR count). The molecule has 0 radical (unpaired) electrons. The Kier molecular flexibility index (Phi) is 5.86. The summed E-state index contributed by atoms with van der Waals surface area (Å²) in [4.78, 5) is 12.6. The minimum Gasteiger partial charge on any atom is -0.497 e. The highest BCUT2D eigenvalue weighted by Gasteiger charge is 2.38.